The Morgan fingerprint density at radius 3 is 2.35 bits per heavy atom. The number of piperazine rings is 1. The molecule has 0 amide bonds. The van der Waals surface area contributed by atoms with Crippen LogP contribution in [0.5, 0.6) is 5.75 Å². The molecule has 0 unspecified atom stereocenters. The molecule has 1 aromatic rings. The Bertz CT molecular complexity index is 436. The highest BCUT2D eigenvalue weighted by molar-refractivity contribution is 5.80. The molecule has 5 nitrogen and oxygen atoms in total. The predicted octanol–water partition coefficient (Wildman–Crippen LogP) is 1.41. The first-order chi connectivity index (χ1) is 9.78. The number of hydrogen-bond acceptors (Lipinski definition) is 3. The average Bonchev–Trinajstić information content (AvgIpc) is 2.53. The fourth-order valence-electron chi connectivity index (χ4n) is 2.46. The topological polar surface area (TPSA) is 40.1 Å². The minimum atomic E-state index is 0.903. The summed E-state index contributed by atoms with van der Waals surface area (Å²) in [5.41, 5.74) is 1.25. The summed E-state index contributed by atoms with van der Waals surface area (Å²) in [7, 11) is 3.54. The van der Waals surface area contributed by atoms with Crippen LogP contribution in [-0.4, -0.2) is 57.7 Å². The summed E-state index contributed by atoms with van der Waals surface area (Å²) >= 11 is 0. The lowest BCUT2D eigenvalue weighted by Gasteiger charge is -2.37. The smallest absolute Gasteiger partial charge is 0.193 e. The van der Waals surface area contributed by atoms with Crippen molar-refractivity contribution in [3.63, 3.8) is 0 Å². The van der Waals surface area contributed by atoms with E-state index in [2.05, 4.69) is 39.2 Å². The van der Waals surface area contributed by atoms with Crippen molar-refractivity contribution in [2.75, 3.05) is 51.8 Å². The number of anilines is 1. The summed E-state index contributed by atoms with van der Waals surface area (Å²) < 4.78 is 5.20. The number of nitrogens with one attached hydrogen (secondary N) is 1. The van der Waals surface area contributed by atoms with Crippen LogP contribution in [0.3, 0.4) is 0 Å². The largest absolute Gasteiger partial charge is 0.497 e. The van der Waals surface area contributed by atoms with E-state index in [9.17, 15) is 0 Å². The van der Waals surface area contributed by atoms with Crippen LogP contribution in [0.4, 0.5) is 5.69 Å². The van der Waals surface area contributed by atoms with Crippen molar-refractivity contribution in [3.8, 4) is 5.75 Å². The molecule has 1 aliphatic heterocycles. The highest BCUT2D eigenvalue weighted by Crippen LogP contribution is 2.20. The molecule has 1 saturated heterocycles. The molecule has 2 rings (SSSR count). The summed E-state index contributed by atoms with van der Waals surface area (Å²) in [5, 5.41) is 3.31. The number of aliphatic imine (C=N–C) groups is 1. The van der Waals surface area contributed by atoms with Crippen molar-refractivity contribution in [1.29, 1.82) is 0 Å². The van der Waals surface area contributed by atoms with Gasteiger partial charge in [-0.05, 0) is 31.2 Å². The van der Waals surface area contributed by atoms with Crippen LogP contribution in [0.1, 0.15) is 6.92 Å². The zero-order valence-electron chi connectivity index (χ0n) is 12.6. The Balaban J connectivity index is 1.93. The van der Waals surface area contributed by atoms with Crippen molar-refractivity contribution in [2.45, 2.75) is 6.92 Å². The number of rotatable bonds is 3. The van der Waals surface area contributed by atoms with E-state index in [1.165, 1.54) is 5.69 Å². The first-order valence-electron chi connectivity index (χ1n) is 7.13. The summed E-state index contributed by atoms with van der Waals surface area (Å²) in [6.45, 7) is 7.01. The Hall–Kier alpha value is -1.91. The van der Waals surface area contributed by atoms with Gasteiger partial charge in [0.25, 0.3) is 0 Å². The van der Waals surface area contributed by atoms with Gasteiger partial charge >= 0.3 is 0 Å². The van der Waals surface area contributed by atoms with Crippen LogP contribution in [0.25, 0.3) is 0 Å². The van der Waals surface area contributed by atoms with E-state index >= 15 is 0 Å². The predicted molar refractivity (Wildman–Crippen MR) is 83.8 cm³/mol. The van der Waals surface area contributed by atoms with Gasteiger partial charge in [0.05, 0.1) is 7.11 Å². The number of guanidine groups is 1. The monoisotopic (exact) mass is 276 g/mol. The molecule has 0 atom stereocenters. The number of hydrogen-bond donors (Lipinski definition) is 1. The van der Waals surface area contributed by atoms with Crippen molar-refractivity contribution < 1.29 is 4.74 Å². The molecule has 5 heteroatoms. The third kappa shape index (κ3) is 3.35. The Kier molecular flexibility index (Phi) is 5.09. The van der Waals surface area contributed by atoms with Gasteiger partial charge in [-0.25, -0.2) is 0 Å². The third-order valence-corrected chi connectivity index (χ3v) is 3.56. The van der Waals surface area contributed by atoms with Crippen LogP contribution in [-0.2, 0) is 0 Å². The average molecular weight is 276 g/mol. The van der Waals surface area contributed by atoms with E-state index in [0.717, 1.165) is 44.4 Å². The zero-order valence-corrected chi connectivity index (χ0v) is 12.6. The molecule has 20 heavy (non-hydrogen) atoms. The maximum Gasteiger partial charge on any atom is 0.193 e. The molecular weight excluding hydrogens is 252 g/mol. The van der Waals surface area contributed by atoms with Crippen LogP contribution in [0, 0.1) is 0 Å². The Morgan fingerprint density at radius 1 is 1.20 bits per heavy atom. The lowest BCUT2D eigenvalue weighted by atomic mass is 10.2. The molecule has 1 aromatic carbocycles. The van der Waals surface area contributed by atoms with Gasteiger partial charge in [0.2, 0.25) is 0 Å². The molecule has 1 N–H and O–H groups in total. The lowest BCUT2D eigenvalue weighted by molar-refractivity contribution is 0.373. The van der Waals surface area contributed by atoms with E-state index in [1.807, 2.05) is 19.2 Å². The molecule has 0 bridgehead atoms. The molecule has 1 heterocycles. The summed E-state index contributed by atoms with van der Waals surface area (Å²) in [4.78, 5) is 9.03. The molecule has 0 aromatic heterocycles. The standard InChI is InChI=1S/C15H24N4O/c1-4-17-15(16-2)19-11-9-18(10-12-19)13-5-7-14(20-3)8-6-13/h5-8H,4,9-12H2,1-3H3,(H,16,17). The minimum absolute atomic E-state index is 0.903. The Morgan fingerprint density at radius 2 is 1.85 bits per heavy atom. The van der Waals surface area contributed by atoms with Crippen LogP contribution in [0.2, 0.25) is 0 Å². The van der Waals surface area contributed by atoms with E-state index in [1.54, 1.807) is 7.11 Å². The molecule has 0 radical (unpaired) electrons. The van der Waals surface area contributed by atoms with Gasteiger partial charge < -0.3 is 19.9 Å². The quantitative estimate of drug-likeness (QED) is 0.669. The molecule has 0 saturated carbocycles. The minimum Gasteiger partial charge on any atom is -0.497 e. The summed E-state index contributed by atoms with van der Waals surface area (Å²) in [6, 6.07) is 8.26. The van der Waals surface area contributed by atoms with Crippen molar-refractivity contribution >= 4 is 11.6 Å². The van der Waals surface area contributed by atoms with Gasteiger partial charge in [0, 0.05) is 45.5 Å². The fraction of sp³-hybridized carbons (Fsp3) is 0.533. The van der Waals surface area contributed by atoms with Gasteiger partial charge in [-0.2, -0.15) is 0 Å². The van der Waals surface area contributed by atoms with Gasteiger partial charge in [0.1, 0.15) is 5.75 Å². The molecule has 1 fully saturated rings. The van der Waals surface area contributed by atoms with E-state index in [4.69, 9.17) is 4.74 Å². The van der Waals surface area contributed by atoms with Gasteiger partial charge in [0.15, 0.2) is 5.96 Å². The molecule has 0 spiro atoms. The summed E-state index contributed by atoms with van der Waals surface area (Å²) in [5.74, 6) is 1.90. The second-order valence-corrected chi connectivity index (χ2v) is 4.75. The maximum absolute atomic E-state index is 5.20. The van der Waals surface area contributed by atoms with Gasteiger partial charge in [-0.1, -0.05) is 0 Å². The second kappa shape index (κ2) is 7.03. The first kappa shape index (κ1) is 14.5. The zero-order chi connectivity index (χ0) is 14.4. The second-order valence-electron chi connectivity index (χ2n) is 4.75. The highest BCUT2D eigenvalue weighted by atomic mass is 16.5. The van der Waals surface area contributed by atoms with Crippen LogP contribution in [0.15, 0.2) is 29.3 Å². The van der Waals surface area contributed by atoms with E-state index < -0.39 is 0 Å². The number of nitrogens with zero attached hydrogens (tertiary/aromatic N) is 3. The number of methoxy groups -OCH3 is 1. The maximum atomic E-state index is 5.20. The van der Waals surface area contributed by atoms with Crippen molar-refractivity contribution in [3.05, 3.63) is 24.3 Å². The van der Waals surface area contributed by atoms with E-state index in [-0.39, 0.29) is 0 Å². The number of benzene rings is 1. The summed E-state index contributed by atoms with van der Waals surface area (Å²) in [6.07, 6.45) is 0. The number of ether oxygens (including phenoxy) is 1. The van der Waals surface area contributed by atoms with Gasteiger partial charge in [-0.15, -0.1) is 0 Å². The Labute approximate surface area is 121 Å². The van der Waals surface area contributed by atoms with Crippen molar-refractivity contribution in [2.24, 2.45) is 4.99 Å². The first-order valence-corrected chi connectivity index (χ1v) is 7.13. The van der Waals surface area contributed by atoms with Crippen LogP contribution < -0.4 is 15.0 Å². The lowest BCUT2D eigenvalue weighted by Crippen LogP contribution is -2.52. The third-order valence-electron chi connectivity index (χ3n) is 3.56. The molecule has 110 valence electrons. The molecule has 1 aliphatic rings. The molecule has 0 aliphatic carbocycles. The van der Waals surface area contributed by atoms with E-state index in [0.29, 0.717) is 0 Å². The fourth-order valence-corrected chi connectivity index (χ4v) is 2.46. The molecular formula is C15H24N4O. The highest BCUT2D eigenvalue weighted by Gasteiger charge is 2.19. The normalized spacial score (nSPS) is 16.2. The van der Waals surface area contributed by atoms with Crippen LogP contribution >= 0.6 is 0 Å². The van der Waals surface area contributed by atoms with Crippen molar-refractivity contribution in [1.82, 2.24) is 10.2 Å². The van der Waals surface area contributed by atoms with Gasteiger partial charge in [-0.3, -0.25) is 4.99 Å². The SMILES string of the molecule is CCNC(=NC)N1CCN(c2ccc(OC)cc2)CC1.